The van der Waals surface area contributed by atoms with Crippen LogP contribution in [0, 0.1) is 12.3 Å². The van der Waals surface area contributed by atoms with Crippen LogP contribution in [0.25, 0.3) is 0 Å². The molecule has 3 rings (SSSR count). The smallest absolute Gasteiger partial charge is 0.153 e. The van der Waals surface area contributed by atoms with Crippen LogP contribution < -0.4 is 4.74 Å². The van der Waals surface area contributed by atoms with Gasteiger partial charge in [-0.1, -0.05) is 6.07 Å². The van der Waals surface area contributed by atoms with E-state index in [2.05, 4.69) is 6.07 Å². The van der Waals surface area contributed by atoms with Gasteiger partial charge < -0.3 is 4.74 Å². The lowest BCUT2D eigenvalue weighted by atomic mass is 9.59. The molecule has 0 N–H and O–H groups in total. The lowest BCUT2D eigenvalue weighted by molar-refractivity contribution is -0.144. The number of carbonyl (C=O) groups excluding carboxylic acids is 2. The summed E-state index contributed by atoms with van der Waals surface area (Å²) in [6, 6.07) is 4.06. The first-order valence-electron chi connectivity index (χ1n) is 6.72. The average molecular weight is 258 g/mol. The normalized spacial score (nSPS) is 29.1. The van der Waals surface area contributed by atoms with E-state index >= 15 is 0 Å². The fourth-order valence-electron chi connectivity index (χ4n) is 3.53. The summed E-state index contributed by atoms with van der Waals surface area (Å²) in [5, 5.41) is 0. The Hall–Kier alpha value is -1.64. The van der Waals surface area contributed by atoms with Gasteiger partial charge in [-0.3, -0.25) is 9.59 Å². The van der Waals surface area contributed by atoms with E-state index < -0.39 is 5.41 Å². The van der Waals surface area contributed by atoms with E-state index in [0.29, 0.717) is 19.3 Å². The lowest BCUT2D eigenvalue weighted by Crippen LogP contribution is -2.48. The first-order valence-corrected chi connectivity index (χ1v) is 6.72. The van der Waals surface area contributed by atoms with Gasteiger partial charge in [0.2, 0.25) is 0 Å². The summed E-state index contributed by atoms with van der Waals surface area (Å²) < 4.78 is 5.35. The molecule has 1 aromatic rings. The number of ketones is 2. The second-order valence-corrected chi connectivity index (χ2v) is 5.91. The van der Waals surface area contributed by atoms with Crippen LogP contribution in [-0.4, -0.2) is 18.7 Å². The molecule has 3 nitrogen and oxygen atoms in total. The van der Waals surface area contributed by atoms with E-state index in [1.165, 1.54) is 0 Å². The van der Waals surface area contributed by atoms with Gasteiger partial charge in [0, 0.05) is 12.3 Å². The van der Waals surface area contributed by atoms with Crippen molar-refractivity contribution in [2.45, 2.75) is 39.0 Å². The molecule has 0 aromatic heterocycles. The minimum absolute atomic E-state index is 0.0992. The molecule has 2 atom stereocenters. The van der Waals surface area contributed by atoms with Gasteiger partial charge >= 0.3 is 0 Å². The summed E-state index contributed by atoms with van der Waals surface area (Å²) >= 11 is 0. The van der Waals surface area contributed by atoms with Crippen molar-refractivity contribution in [3.05, 3.63) is 28.8 Å². The van der Waals surface area contributed by atoms with Crippen LogP contribution in [0.3, 0.4) is 0 Å². The number of hydrogen-bond acceptors (Lipinski definition) is 3. The maximum atomic E-state index is 12.5. The number of benzene rings is 1. The van der Waals surface area contributed by atoms with Crippen LogP contribution in [-0.2, 0) is 16.0 Å². The number of Topliss-reactive ketones (excluding diaryl/α,β-unsaturated/α-hetero) is 2. The number of rotatable bonds is 1. The van der Waals surface area contributed by atoms with E-state index in [9.17, 15) is 9.59 Å². The SMILES string of the molecule is COc1cc2c(cc1C)C[C@@]1(C)C(=O)CC[C@@H]2C1=O. The Morgan fingerprint density at radius 3 is 2.74 bits per heavy atom. The zero-order chi connectivity index (χ0) is 13.8. The highest BCUT2D eigenvalue weighted by atomic mass is 16.5. The first-order chi connectivity index (χ1) is 8.97. The predicted molar refractivity (Wildman–Crippen MR) is 71.5 cm³/mol. The molecule has 0 amide bonds. The highest BCUT2D eigenvalue weighted by Crippen LogP contribution is 2.47. The zero-order valence-corrected chi connectivity index (χ0v) is 11.6. The summed E-state index contributed by atoms with van der Waals surface area (Å²) in [7, 11) is 1.65. The van der Waals surface area contributed by atoms with Crippen LogP contribution in [0.15, 0.2) is 12.1 Å². The fourth-order valence-corrected chi connectivity index (χ4v) is 3.53. The molecular weight excluding hydrogens is 240 g/mol. The molecule has 1 aromatic carbocycles. The highest BCUT2D eigenvalue weighted by Gasteiger charge is 2.51. The minimum atomic E-state index is -0.795. The Morgan fingerprint density at radius 2 is 2.05 bits per heavy atom. The van der Waals surface area contributed by atoms with Gasteiger partial charge in [0.15, 0.2) is 5.78 Å². The number of hydrogen-bond donors (Lipinski definition) is 0. The first kappa shape index (κ1) is 12.4. The molecule has 1 saturated carbocycles. The second kappa shape index (κ2) is 3.92. The molecule has 0 heterocycles. The number of carbonyl (C=O) groups is 2. The summed E-state index contributed by atoms with van der Waals surface area (Å²) in [6.07, 6.45) is 1.70. The molecule has 2 aliphatic carbocycles. The number of fused-ring (bicyclic) bond motifs is 4. The third-order valence-corrected chi connectivity index (χ3v) is 4.71. The van der Waals surface area contributed by atoms with Crippen molar-refractivity contribution in [2.24, 2.45) is 5.41 Å². The van der Waals surface area contributed by atoms with E-state index in [-0.39, 0.29) is 17.5 Å². The minimum Gasteiger partial charge on any atom is -0.496 e. The number of ether oxygens (including phenoxy) is 1. The number of methoxy groups -OCH3 is 1. The van der Waals surface area contributed by atoms with Crippen LogP contribution in [0.5, 0.6) is 5.75 Å². The van der Waals surface area contributed by atoms with Gasteiger partial charge in [0.1, 0.15) is 11.5 Å². The van der Waals surface area contributed by atoms with Gasteiger partial charge in [0.25, 0.3) is 0 Å². The highest BCUT2D eigenvalue weighted by molar-refractivity contribution is 6.12. The molecule has 1 fully saturated rings. The summed E-state index contributed by atoms with van der Waals surface area (Å²) in [5.74, 6) is 0.906. The van der Waals surface area contributed by atoms with Crippen molar-refractivity contribution >= 4 is 11.6 Å². The van der Waals surface area contributed by atoms with Gasteiger partial charge in [-0.25, -0.2) is 0 Å². The van der Waals surface area contributed by atoms with E-state index in [1.807, 2.05) is 19.9 Å². The Balaban J connectivity index is 2.19. The second-order valence-electron chi connectivity index (χ2n) is 5.91. The quantitative estimate of drug-likeness (QED) is 0.727. The standard InChI is InChI=1S/C16H18O3/c1-9-6-10-8-16(2)14(17)5-4-11(15(16)18)12(10)7-13(9)19-3/h6-7,11H,4-5,8H2,1-3H3/t11-,16-/m0/s1. The third-order valence-electron chi connectivity index (χ3n) is 4.71. The van der Waals surface area contributed by atoms with Gasteiger partial charge in [-0.05, 0) is 49.4 Å². The van der Waals surface area contributed by atoms with Crippen molar-refractivity contribution < 1.29 is 14.3 Å². The van der Waals surface area contributed by atoms with E-state index in [0.717, 1.165) is 22.4 Å². The van der Waals surface area contributed by atoms with Gasteiger partial charge in [0.05, 0.1) is 12.5 Å². The molecule has 3 heteroatoms. The van der Waals surface area contributed by atoms with Crippen molar-refractivity contribution in [3.63, 3.8) is 0 Å². The van der Waals surface area contributed by atoms with Crippen LogP contribution in [0.4, 0.5) is 0 Å². The summed E-state index contributed by atoms with van der Waals surface area (Å²) in [4.78, 5) is 24.6. The summed E-state index contributed by atoms with van der Waals surface area (Å²) in [5.41, 5.74) is 2.47. The maximum Gasteiger partial charge on any atom is 0.153 e. The Morgan fingerprint density at radius 1 is 1.32 bits per heavy atom. The number of aryl methyl sites for hydroxylation is 1. The van der Waals surface area contributed by atoms with Crippen molar-refractivity contribution in [3.8, 4) is 5.75 Å². The molecular formula is C16H18O3. The van der Waals surface area contributed by atoms with Crippen molar-refractivity contribution in [2.75, 3.05) is 7.11 Å². The van der Waals surface area contributed by atoms with Crippen LogP contribution >= 0.6 is 0 Å². The molecule has 2 aliphatic rings. The van der Waals surface area contributed by atoms with E-state index in [1.54, 1.807) is 7.11 Å². The van der Waals surface area contributed by atoms with Crippen LogP contribution in [0.1, 0.15) is 42.4 Å². The molecule has 0 radical (unpaired) electrons. The lowest BCUT2D eigenvalue weighted by Gasteiger charge is -2.41. The van der Waals surface area contributed by atoms with Crippen molar-refractivity contribution in [1.29, 1.82) is 0 Å². The average Bonchev–Trinajstić information content (AvgIpc) is 2.37. The predicted octanol–water partition coefficient (Wildman–Crippen LogP) is 2.58. The van der Waals surface area contributed by atoms with Crippen LogP contribution in [0.2, 0.25) is 0 Å². The maximum absolute atomic E-state index is 12.5. The van der Waals surface area contributed by atoms with Gasteiger partial charge in [-0.15, -0.1) is 0 Å². The Kier molecular flexibility index (Phi) is 2.56. The largest absolute Gasteiger partial charge is 0.496 e. The molecule has 0 unspecified atom stereocenters. The zero-order valence-electron chi connectivity index (χ0n) is 11.6. The Bertz CT molecular complexity index is 588. The molecule has 19 heavy (non-hydrogen) atoms. The third kappa shape index (κ3) is 1.57. The molecule has 0 spiro atoms. The van der Waals surface area contributed by atoms with Gasteiger partial charge in [-0.2, -0.15) is 0 Å². The Labute approximate surface area is 113 Å². The van der Waals surface area contributed by atoms with E-state index in [4.69, 9.17) is 4.74 Å². The molecule has 0 aliphatic heterocycles. The topological polar surface area (TPSA) is 43.4 Å². The molecule has 0 saturated heterocycles. The summed E-state index contributed by atoms with van der Waals surface area (Å²) in [6.45, 7) is 3.81. The fraction of sp³-hybridized carbons (Fsp3) is 0.500. The monoisotopic (exact) mass is 258 g/mol. The molecule has 100 valence electrons. The molecule has 2 bridgehead atoms. The van der Waals surface area contributed by atoms with Crippen molar-refractivity contribution in [1.82, 2.24) is 0 Å².